The van der Waals surface area contributed by atoms with Crippen LogP contribution >= 0.6 is 11.6 Å². The third-order valence-electron chi connectivity index (χ3n) is 4.53. The van der Waals surface area contributed by atoms with Gasteiger partial charge in [0, 0.05) is 23.1 Å². The zero-order chi connectivity index (χ0) is 17.6. The van der Waals surface area contributed by atoms with E-state index in [-0.39, 0.29) is 18.2 Å². The van der Waals surface area contributed by atoms with Gasteiger partial charge in [-0.15, -0.1) is 0 Å². The molecule has 1 aliphatic rings. The molecular weight excluding hydrogens is 336 g/mol. The predicted molar refractivity (Wildman–Crippen MR) is 99.6 cm³/mol. The van der Waals surface area contributed by atoms with E-state index in [1.807, 2.05) is 54.6 Å². The van der Waals surface area contributed by atoms with Crippen molar-refractivity contribution >= 4 is 17.7 Å². The van der Waals surface area contributed by atoms with Crippen LogP contribution < -0.4 is 10.6 Å². The van der Waals surface area contributed by atoms with Crippen LogP contribution in [0.1, 0.15) is 36.9 Å². The summed E-state index contributed by atoms with van der Waals surface area (Å²) in [4.78, 5) is 11.8. The first-order valence-electron chi connectivity index (χ1n) is 8.59. The van der Waals surface area contributed by atoms with Gasteiger partial charge in [0.15, 0.2) is 0 Å². The first-order valence-corrected chi connectivity index (χ1v) is 8.97. The van der Waals surface area contributed by atoms with E-state index in [1.54, 1.807) is 0 Å². The molecule has 2 N–H and O–H groups in total. The Kier molecular flexibility index (Phi) is 5.95. The minimum absolute atomic E-state index is 0.166. The van der Waals surface area contributed by atoms with Gasteiger partial charge in [0.25, 0.3) is 0 Å². The van der Waals surface area contributed by atoms with Crippen molar-refractivity contribution in [3.63, 3.8) is 0 Å². The molecule has 0 bridgehead atoms. The Morgan fingerprint density at radius 1 is 1.12 bits per heavy atom. The molecule has 132 valence electrons. The number of amides is 1. The van der Waals surface area contributed by atoms with E-state index in [0.717, 1.165) is 29.0 Å². The standard InChI is InChI=1S/C20H23ClN2O2/c1-14(18-9-5-6-10-19(18)21)22-16-11-17(12-16)23-20(24)25-13-15-7-3-2-4-8-15/h2-10,14,16-17,22H,11-13H2,1H3,(H,23,24)/t14-,16?,17?/m0/s1. The fourth-order valence-electron chi connectivity index (χ4n) is 3.07. The summed E-state index contributed by atoms with van der Waals surface area (Å²) >= 11 is 6.23. The van der Waals surface area contributed by atoms with Gasteiger partial charge in [0.05, 0.1) is 0 Å². The number of ether oxygens (including phenoxy) is 1. The van der Waals surface area contributed by atoms with Gasteiger partial charge in [0.2, 0.25) is 0 Å². The summed E-state index contributed by atoms with van der Waals surface area (Å²) in [6.07, 6.45) is 1.44. The third-order valence-corrected chi connectivity index (χ3v) is 4.87. The molecular formula is C20H23ClN2O2. The van der Waals surface area contributed by atoms with Gasteiger partial charge in [0.1, 0.15) is 6.61 Å². The molecule has 0 aromatic heterocycles. The number of carbonyl (C=O) groups is 1. The highest BCUT2D eigenvalue weighted by molar-refractivity contribution is 6.31. The molecule has 3 rings (SSSR count). The first-order chi connectivity index (χ1) is 12.1. The topological polar surface area (TPSA) is 50.4 Å². The average Bonchev–Trinajstić information content (AvgIpc) is 2.59. The molecule has 0 heterocycles. The van der Waals surface area contributed by atoms with Crippen molar-refractivity contribution in [2.24, 2.45) is 0 Å². The largest absolute Gasteiger partial charge is 0.445 e. The molecule has 0 saturated heterocycles. The van der Waals surface area contributed by atoms with E-state index in [0.29, 0.717) is 12.6 Å². The first kappa shape index (κ1) is 17.8. The van der Waals surface area contributed by atoms with Crippen molar-refractivity contribution in [3.05, 3.63) is 70.7 Å². The number of rotatable bonds is 6. The Morgan fingerprint density at radius 2 is 1.80 bits per heavy atom. The van der Waals surface area contributed by atoms with Crippen molar-refractivity contribution in [2.45, 2.75) is 44.5 Å². The predicted octanol–water partition coefficient (Wildman–Crippen LogP) is 4.45. The summed E-state index contributed by atoms with van der Waals surface area (Å²) in [5.41, 5.74) is 2.09. The lowest BCUT2D eigenvalue weighted by molar-refractivity contribution is 0.124. The molecule has 0 spiro atoms. The molecule has 5 heteroatoms. The number of alkyl carbamates (subject to hydrolysis) is 1. The van der Waals surface area contributed by atoms with Crippen molar-refractivity contribution in [1.29, 1.82) is 0 Å². The van der Waals surface area contributed by atoms with Gasteiger partial charge in [-0.25, -0.2) is 4.79 Å². The quantitative estimate of drug-likeness (QED) is 0.802. The lowest BCUT2D eigenvalue weighted by Crippen LogP contribution is -2.52. The van der Waals surface area contributed by atoms with Gasteiger partial charge in [-0.05, 0) is 37.0 Å². The maximum Gasteiger partial charge on any atom is 0.407 e. The van der Waals surface area contributed by atoms with Crippen LogP contribution in [0.25, 0.3) is 0 Å². The van der Waals surface area contributed by atoms with Crippen LogP contribution in [0.5, 0.6) is 0 Å². The molecule has 1 amide bonds. The summed E-state index contributed by atoms with van der Waals surface area (Å²) in [7, 11) is 0. The number of hydrogen-bond acceptors (Lipinski definition) is 3. The zero-order valence-electron chi connectivity index (χ0n) is 14.2. The van der Waals surface area contributed by atoms with Crippen LogP contribution in [0.3, 0.4) is 0 Å². The SMILES string of the molecule is C[C@H](NC1CC(NC(=O)OCc2ccccc2)C1)c1ccccc1Cl. The molecule has 0 aliphatic heterocycles. The van der Waals surface area contributed by atoms with Crippen LogP contribution in [0.4, 0.5) is 4.79 Å². The van der Waals surface area contributed by atoms with Gasteiger partial charge in [-0.1, -0.05) is 60.1 Å². The maximum absolute atomic E-state index is 11.8. The van der Waals surface area contributed by atoms with Crippen molar-refractivity contribution in [1.82, 2.24) is 10.6 Å². The normalized spacial score (nSPS) is 20.4. The smallest absolute Gasteiger partial charge is 0.407 e. The molecule has 1 aliphatic carbocycles. The minimum atomic E-state index is -0.355. The van der Waals surface area contributed by atoms with Gasteiger partial charge in [-0.3, -0.25) is 0 Å². The Balaban J connectivity index is 1.36. The Bertz CT molecular complexity index is 702. The summed E-state index contributed by atoms with van der Waals surface area (Å²) < 4.78 is 5.25. The highest BCUT2D eigenvalue weighted by Crippen LogP contribution is 2.27. The fraction of sp³-hybridized carbons (Fsp3) is 0.350. The zero-order valence-corrected chi connectivity index (χ0v) is 15.0. The number of nitrogens with one attached hydrogen (secondary N) is 2. The number of hydrogen-bond donors (Lipinski definition) is 2. The van der Waals surface area contributed by atoms with Crippen LogP contribution in [0.2, 0.25) is 5.02 Å². The second-order valence-electron chi connectivity index (χ2n) is 6.48. The van der Waals surface area contributed by atoms with Crippen LogP contribution in [-0.4, -0.2) is 18.2 Å². The van der Waals surface area contributed by atoms with Crippen LogP contribution in [0.15, 0.2) is 54.6 Å². The number of carbonyl (C=O) groups excluding carboxylic acids is 1. The monoisotopic (exact) mass is 358 g/mol. The molecule has 1 saturated carbocycles. The number of halogens is 1. The Hall–Kier alpha value is -2.04. The van der Waals surface area contributed by atoms with Gasteiger partial charge >= 0.3 is 6.09 Å². The second kappa shape index (κ2) is 8.37. The molecule has 0 unspecified atom stereocenters. The molecule has 1 atom stereocenters. The van der Waals surface area contributed by atoms with Gasteiger partial charge in [-0.2, -0.15) is 0 Å². The minimum Gasteiger partial charge on any atom is -0.445 e. The van der Waals surface area contributed by atoms with Crippen molar-refractivity contribution < 1.29 is 9.53 Å². The molecule has 0 radical (unpaired) electrons. The van der Waals surface area contributed by atoms with E-state index in [4.69, 9.17) is 16.3 Å². The molecule has 4 nitrogen and oxygen atoms in total. The second-order valence-corrected chi connectivity index (χ2v) is 6.89. The lowest BCUT2D eigenvalue weighted by atomic mass is 9.86. The summed E-state index contributed by atoms with van der Waals surface area (Å²) in [6, 6.07) is 18.3. The van der Waals surface area contributed by atoms with Crippen molar-refractivity contribution in [3.8, 4) is 0 Å². The lowest BCUT2D eigenvalue weighted by Gasteiger charge is -2.38. The van der Waals surface area contributed by atoms with E-state index in [1.165, 1.54) is 0 Å². The molecule has 1 fully saturated rings. The van der Waals surface area contributed by atoms with Crippen LogP contribution in [0, 0.1) is 0 Å². The van der Waals surface area contributed by atoms with E-state index in [2.05, 4.69) is 17.6 Å². The molecule has 2 aromatic rings. The highest BCUT2D eigenvalue weighted by Gasteiger charge is 2.31. The average molecular weight is 359 g/mol. The highest BCUT2D eigenvalue weighted by atomic mass is 35.5. The Morgan fingerprint density at radius 3 is 2.52 bits per heavy atom. The van der Waals surface area contributed by atoms with E-state index < -0.39 is 0 Å². The fourth-order valence-corrected chi connectivity index (χ4v) is 3.37. The maximum atomic E-state index is 11.8. The summed E-state index contributed by atoms with van der Waals surface area (Å²) in [6.45, 7) is 2.40. The van der Waals surface area contributed by atoms with Gasteiger partial charge < -0.3 is 15.4 Å². The van der Waals surface area contributed by atoms with Crippen molar-refractivity contribution in [2.75, 3.05) is 0 Å². The third kappa shape index (κ3) is 4.97. The van der Waals surface area contributed by atoms with E-state index >= 15 is 0 Å². The summed E-state index contributed by atoms with van der Waals surface area (Å²) in [5.74, 6) is 0. The summed E-state index contributed by atoms with van der Waals surface area (Å²) in [5, 5.41) is 7.25. The molecule has 25 heavy (non-hydrogen) atoms. The van der Waals surface area contributed by atoms with Crippen LogP contribution in [-0.2, 0) is 11.3 Å². The van der Waals surface area contributed by atoms with E-state index in [9.17, 15) is 4.79 Å². The Labute approximate surface area is 153 Å². The molecule has 2 aromatic carbocycles. The number of benzene rings is 2.